The predicted molar refractivity (Wildman–Crippen MR) is 113 cm³/mol. The molecule has 1 heterocycles. The van der Waals surface area contributed by atoms with Crippen molar-refractivity contribution in [2.24, 2.45) is 0 Å². The number of carbonyl (C=O) groups excluding carboxylic acids is 1. The van der Waals surface area contributed by atoms with E-state index in [9.17, 15) is 9.18 Å². The van der Waals surface area contributed by atoms with Crippen LogP contribution < -0.4 is 5.32 Å². The van der Waals surface area contributed by atoms with E-state index < -0.39 is 0 Å². The van der Waals surface area contributed by atoms with Crippen molar-refractivity contribution in [3.8, 4) is 0 Å². The number of benzene rings is 2. The zero-order valence-corrected chi connectivity index (χ0v) is 17.6. The monoisotopic (exact) mass is 447 g/mol. The smallest absolute Gasteiger partial charge is 0.273 e. The molecule has 0 bridgehead atoms. The highest BCUT2D eigenvalue weighted by Crippen LogP contribution is 2.24. The molecule has 1 fully saturated rings. The quantitative estimate of drug-likeness (QED) is 0.514. The molecule has 2 aromatic carbocycles. The van der Waals surface area contributed by atoms with E-state index in [4.69, 9.17) is 27.6 Å². The number of rotatable bonds is 8. The van der Waals surface area contributed by atoms with Gasteiger partial charge in [-0.2, -0.15) is 0 Å². The number of nitrogens with one attached hydrogen (secondary N) is 1. The van der Waals surface area contributed by atoms with E-state index in [1.165, 1.54) is 18.4 Å². The van der Waals surface area contributed by atoms with Gasteiger partial charge in [-0.05, 0) is 48.2 Å². The Morgan fingerprint density at radius 1 is 1.13 bits per heavy atom. The summed E-state index contributed by atoms with van der Waals surface area (Å²) in [5.74, 6) is -0.0912. The van der Waals surface area contributed by atoms with Crippen LogP contribution in [0.5, 0.6) is 0 Å². The molecule has 1 aromatic heterocycles. The van der Waals surface area contributed by atoms with Crippen LogP contribution in [0, 0.1) is 5.82 Å². The summed E-state index contributed by atoms with van der Waals surface area (Å²) in [5.41, 5.74) is 2.09. The molecule has 0 saturated heterocycles. The molecule has 156 valence electrons. The largest absolute Gasteiger partial charge is 0.447 e. The molecule has 0 unspecified atom stereocenters. The standard InChI is InChI=1S/C22H20Cl2FN3O2/c23-16-4-3-15(19(24)9-16)11-28(10-14-1-5-17(25)6-2-14)12-21-27-20(13-30-21)22(29)26-18-7-8-18/h1-6,9,13,18H,7-8,10-12H2,(H,26,29). The second-order valence-corrected chi connectivity index (χ2v) is 8.23. The maximum atomic E-state index is 13.3. The maximum Gasteiger partial charge on any atom is 0.273 e. The first-order valence-corrected chi connectivity index (χ1v) is 10.4. The minimum atomic E-state index is -0.287. The van der Waals surface area contributed by atoms with Crippen LogP contribution in [0.4, 0.5) is 4.39 Å². The van der Waals surface area contributed by atoms with Crippen molar-refractivity contribution in [2.45, 2.75) is 38.5 Å². The van der Waals surface area contributed by atoms with Crippen molar-refractivity contribution in [1.82, 2.24) is 15.2 Å². The number of nitrogens with zero attached hydrogens (tertiary/aromatic N) is 2. The van der Waals surface area contributed by atoms with Crippen molar-refractivity contribution in [3.63, 3.8) is 0 Å². The predicted octanol–water partition coefficient (Wildman–Crippen LogP) is 5.22. The average Bonchev–Trinajstić information content (AvgIpc) is 3.40. The summed E-state index contributed by atoms with van der Waals surface area (Å²) >= 11 is 12.4. The molecule has 8 heteroatoms. The number of carbonyl (C=O) groups is 1. The summed E-state index contributed by atoms with van der Waals surface area (Å²) in [7, 11) is 0. The zero-order valence-electron chi connectivity index (χ0n) is 16.1. The summed E-state index contributed by atoms with van der Waals surface area (Å²) < 4.78 is 18.8. The van der Waals surface area contributed by atoms with Crippen molar-refractivity contribution >= 4 is 29.1 Å². The zero-order chi connectivity index (χ0) is 21.1. The number of aromatic nitrogens is 1. The Morgan fingerprint density at radius 3 is 2.60 bits per heavy atom. The molecule has 1 N–H and O–H groups in total. The molecule has 0 spiro atoms. The van der Waals surface area contributed by atoms with Crippen LogP contribution in [0.3, 0.4) is 0 Å². The highest BCUT2D eigenvalue weighted by atomic mass is 35.5. The first kappa shape index (κ1) is 20.8. The third kappa shape index (κ3) is 5.59. The molecule has 0 atom stereocenters. The lowest BCUT2D eigenvalue weighted by molar-refractivity contribution is 0.0946. The molecule has 1 amide bonds. The van der Waals surface area contributed by atoms with Gasteiger partial charge in [-0.1, -0.05) is 41.4 Å². The molecular weight excluding hydrogens is 428 g/mol. The number of oxazole rings is 1. The fourth-order valence-electron chi connectivity index (χ4n) is 3.07. The van der Waals surface area contributed by atoms with E-state index in [-0.39, 0.29) is 23.5 Å². The second-order valence-electron chi connectivity index (χ2n) is 7.38. The molecule has 1 aliphatic rings. The Hall–Kier alpha value is -2.41. The molecule has 3 aromatic rings. The molecule has 30 heavy (non-hydrogen) atoms. The highest BCUT2D eigenvalue weighted by molar-refractivity contribution is 6.35. The van der Waals surface area contributed by atoms with Gasteiger partial charge >= 0.3 is 0 Å². The Morgan fingerprint density at radius 2 is 1.90 bits per heavy atom. The molecule has 4 rings (SSSR count). The Labute approximate surface area is 183 Å². The second kappa shape index (κ2) is 9.16. The van der Waals surface area contributed by atoms with Gasteiger partial charge in [-0.15, -0.1) is 0 Å². The number of amides is 1. The molecular formula is C22H20Cl2FN3O2. The van der Waals surface area contributed by atoms with E-state index in [0.29, 0.717) is 35.6 Å². The van der Waals surface area contributed by atoms with Crippen LogP contribution in [0.25, 0.3) is 0 Å². The fraction of sp³-hybridized carbons (Fsp3) is 0.273. The van der Waals surface area contributed by atoms with E-state index in [0.717, 1.165) is 24.0 Å². The van der Waals surface area contributed by atoms with Crippen LogP contribution in [0.15, 0.2) is 53.1 Å². The summed E-state index contributed by atoms with van der Waals surface area (Å²) in [6.45, 7) is 1.37. The lowest BCUT2D eigenvalue weighted by Gasteiger charge is -2.21. The van der Waals surface area contributed by atoms with Gasteiger partial charge in [-0.25, -0.2) is 9.37 Å². The lowest BCUT2D eigenvalue weighted by Crippen LogP contribution is -2.26. The number of hydrogen-bond donors (Lipinski definition) is 1. The third-order valence-electron chi connectivity index (χ3n) is 4.78. The van der Waals surface area contributed by atoms with Crippen molar-refractivity contribution < 1.29 is 13.6 Å². The van der Waals surface area contributed by atoms with Gasteiger partial charge in [0.2, 0.25) is 5.89 Å². The Bertz CT molecular complexity index is 1040. The molecule has 0 radical (unpaired) electrons. The summed E-state index contributed by atoms with van der Waals surface area (Å²) in [4.78, 5) is 18.6. The summed E-state index contributed by atoms with van der Waals surface area (Å²) in [6.07, 6.45) is 3.38. The van der Waals surface area contributed by atoms with Crippen molar-refractivity contribution in [2.75, 3.05) is 0 Å². The van der Waals surface area contributed by atoms with E-state index in [2.05, 4.69) is 15.2 Å². The number of halogens is 3. The van der Waals surface area contributed by atoms with Crippen LogP contribution >= 0.6 is 23.2 Å². The van der Waals surface area contributed by atoms with E-state index in [1.54, 1.807) is 24.3 Å². The topological polar surface area (TPSA) is 58.4 Å². The van der Waals surface area contributed by atoms with Gasteiger partial charge in [0.15, 0.2) is 5.69 Å². The van der Waals surface area contributed by atoms with Crippen LogP contribution in [0.2, 0.25) is 10.0 Å². The van der Waals surface area contributed by atoms with E-state index in [1.807, 2.05) is 6.07 Å². The van der Waals surface area contributed by atoms with Gasteiger partial charge in [0.1, 0.15) is 12.1 Å². The lowest BCUT2D eigenvalue weighted by atomic mass is 10.1. The van der Waals surface area contributed by atoms with Gasteiger partial charge in [0.25, 0.3) is 5.91 Å². The molecule has 1 saturated carbocycles. The normalized spacial score (nSPS) is 13.6. The molecule has 5 nitrogen and oxygen atoms in total. The SMILES string of the molecule is O=C(NC1CC1)c1coc(CN(Cc2ccc(F)cc2)Cc2ccc(Cl)cc2Cl)n1. The fourth-order valence-corrected chi connectivity index (χ4v) is 3.54. The summed E-state index contributed by atoms with van der Waals surface area (Å²) in [5, 5.41) is 4.02. The number of hydrogen-bond acceptors (Lipinski definition) is 4. The first-order valence-electron chi connectivity index (χ1n) is 9.62. The van der Waals surface area contributed by atoms with Crippen molar-refractivity contribution in [1.29, 1.82) is 0 Å². The van der Waals surface area contributed by atoms with Crippen LogP contribution in [-0.4, -0.2) is 21.8 Å². The average molecular weight is 448 g/mol. The summed E-state index contributed by atoms with van der Waals surface area (Å²) in [6, 6.07) is 11.9. The van der Waals surface area contributed by atoms with Gasteiger partial charge < -0.3 is 9.73 Å². The van der Waals surface area contributed by atoms with Crippen molar-refractivity contribution in [3.05, 3.63) is 87.3 Å². The third-order valence-corrected chi connectivity index (χ3v) is 5.37. The van der Waals surface area contributed by atoms with Gasteiger partial charge in [0, 0.05) is 29.2 Å². The first-order chi connectivity index (χ1) is 14.5. The molecule has 0 aliphatic heterocycles. The minimum absolute atomic E-state index is 0.224. The maximum absolute atomic E-state index is 13.3. The Kier molecular flexibility index (Phi) is 6.37. The van der Waals surface area contributed by atoms with Gasteiger partial charge in [-0.3, -0.25) is 9.69 Å². The van der Waals surface area contributed by atoms with E-state index >= 15 is 0 Å². The van der Waals surface area contributed by atoms with Crippen LogP contribution in [-0.2, 0) is 19.6 Å². The highest BCUT2D eigenvalue weighted by Gasteiger charge is 2.25. The van der Waals surface area contributed by atoms with Gasteiger partial charge in [0.05, 0.1) is 6.54 Å². The minimum Gasteiger partial charge on any atom is -0.447 e. The van der Waals surface area contributed by atoms with Crippen LogP contribution in [0.1, 0.15) is 40.3 Å². The Balaban J connectivity index is 1.50. The molecule has 1 aliphatic carbocycles.